The topological polar surface area (TPSA) is 21.3 Å². The second-order valence-electron chi connectivity index (χ2n) is 6.04. The van der Waals surface area contributed by atoms with E-state index < -0.39 is 0 Å². The maximum Gasteiger partial charge on any atom is 0.156 e. The van der Waals surface area contributed by atoms with Crippen LogP contribution in [0.2, 0.25) is 10.0 Å². The van der Waals surface area contributed by atoms with Crippen molar-refractivity contribution in [3.05, 3.63) is 63.6 Å². The molecule has 0 saturated carbocycles. The van der Waals surface area contributed by atoms with Crippen molar-refractivity contribution >= 4 is 23.2 Å². The van der Waals surface area contributed by atoms with Crippen molar-refractivity contribution in [3.8, 4) is 5.75 Å². The summed E-state index contributed by atoms with van der Waals surface area (Å²) in [4.78, 5) is 0. The van der Waals surface area contributed by atoms with Crippen molar-refractivity contribution in [1.29, 1.82) is 0 Å². The molecule has 1 unspecified atom stereocenters. The van der Waals surface area contributed by atoms with Crippen LogP contribution in [0.3, 0.4) is 0 Å². The van der Waals surface area contributed by atoms with E-state index in [4.69, 9.17) is 27.9 Å². The zero-order valence-corrected chi connectivity index (χ0v) is 15.8. The average Bonchev–Trinajstić information content (AvgIpc) is 2.58. The first-order chi connectivity index (χ1) is 11.6. The summed E-state index contributed by atoms with van der Waals surface area (Å²) >= 11 is 12.6. The Bertz CT molecular complexity index is 608. The monoisotopic (exact) mass is 365 g/mol. The molecule has 0 radical (unpaired) electrons. The van der Waals surface area contributed by atoms with Gasteiger partial charge in [0.1, 0.15) is 0 Å². The van der Waals surface area contributed by atoms with Crippen LogP contribution in [-0.2, 0) is 13.0 Å². The summed E-state index contributed by atoms with van der Waals surface area (Å²) in [5.74, 6) is 0.584. The van der Waals surface area contributed by atoms with Gasteiger partial charge in [-0.15, -0.1) is 0 Å². The molecule has 0 amide bonds. The Morgan fingerprint density at radius 2 is 1.71 bits per heavy atom. The van der Waals surface area contributed by atoms with Gasteiger partial charge in [0.25, 0.3) is 0 Å². The first-order valence-corrected chi connectivity index (χ1v) is 9.23. The molecule has 1 atom stereocenters. The minimum Gasteiger partial charge on any atom is -0.490 e. The third kappa shape index (κ3) is 6.01. The largest absolute Gasteiger partial charge is 0.490 e. The summed E-state index contributed by atoms with van der Waals surface area (Å²) in [5.41, 5.74) is 2.44. The van der Waals surface area contributed by atoms with Gasteiger partial charge in [-0.05, 0) is 49.4 Å². The third-order valence-electron chi connectivity index (χ3n) is 3.87. The van der Waals surface area contributed by atoms with Gasteiger partial charge in [0, 0.05) is 12.6 Å². The van der Waals surface area contributed by atoms with Gasteiger partial charge in [0.05, 0.1) is 16.7 Å². The number of hydrogen-bond acceptors (Lipinski definition) is 2. The lowest BCUT2D eigenvalue weighted by Gasteiger charge is -2.15. The first-order valence-electron chi connectivity index (χ1n) is 8.48. The fraction of sp³-hybridized carbons (Fsp3) is 0.400. The van der Waals surface area contributed by atoms with Gasteiger partial charge in [-0.3, -0.25) is 0 Å². The van der Waals surface area contributed by atoms with Crippen molar-refractivity contribution < 1.29 is 4.74 Å². The highest BCUT2D eigenvalue weighted by Gasteiger charge is 2.10. The molecular weight excluding hydrogens is 341 g/mol. The molecule has 24 heavy (non-hydrogen) atoms. The SMILES string of the molecule is CCCOc1c(Cl)cc(CNC(C)CCc2ccccc2)cc1Cl. The Hall–Kier alpha value is -1.22. The number of rotatable bonds is 9. The average molecular weight is 366 g/mol. The maximum atomic E-state index is 6.29. The molecule has 0 heterocycles. The fourth-order valence-electron chi connectivity index (χ4n) is 2.48. The zero-order valence-electron chi connectivity index (χ0n) is 14.3. The van der Waals surface area contributed by atoms with E-state index in [1.54, 1.807) is 0 Å². The molecule has 4 heteroatoms. The normalized spacial score (nSPS) is 12.2. The molecule has 2 aromatic rings. The first kappa shape index (κ1) is 19.1. The van der Waals surface area contributed by atoms with E-state index in [1.807, 2.05) is 18.2 Å². The predicted octanol–water partition coefficient (Wildman–Crippen LogP) is 5.89. The summed E-state index contributed by atoms with van der Waals surface area (Å²) in [7, 11) is 0. The maximum absolute atomic E-state index is 6.29. The lowest BCUT2D eigenvalue weighted by atomic mass is 10.1. The van der Waals surface area contributed by atoms with Crippen LogP contribution in [0.4, 0.5) is 0 Å². The van der Waals surface area contributed by atoms with Gasteiger partial charge in [-0.2, -0.15) is 0 Å². The van der Waals surface area contributed by atoms with Gasteiger partial charge < -0.3 is 10.1 Å². The molecule has 2 nitrogen and oxygen atoms in total. The summed E-state index contributed by atoms with van der Waals surface area (Å²) < 4.78 is 5.60. The van der Waals surface area contributed by atoms with Crippen molar-refractivity contribution in [2.45, 2.75) is 45.7 Å². The molecule has 0 aliphatic rings. The van der Waals surface area contributed by atoms with Crippen LogP contribution >= 0.6 is 23.2 Å². The van der Waals surface area contributed by atoms with Crippen molar-refractivity contribution in [1.82, 2.24) is 5.32 Å². The van der Waals surface area contributed by atoms with E-state index in [9.17, 15) is 0 Å². The second-order valence-corrected chi connectivity index (χ2v) is 6.86. The quantitative estimate of drug-likeness (QED) is 0.597. The summed E-state index contributed by atoms with van der Waals surface area (Å²) in [6, 6.07) is 14.8. The van der Waals surface area contributed by atoms with E-state index in [2.05, 4.69) is 43.4 Å². The molecule has 2 aromatic carbocycles. The Morgan fingerprint density at radius 3 is 2.33 bits per heavy atom. The zero-order chi connectivity index (χ0) is 17.4. The number of halogens is 2. The highest BCUT2D eigenvalue weighted by atomic mass is 35.5. The molecule has 0 fully saturated rings. The van der Waals surface area contributed by atoms with Crippen LogP contribution < -0.4 is 10.1 Å². The van der Waals surface area contributed by atoms with Crippen LogP contribution in [0, 0.1) is 0 Å². The number of nitrogens with one attached hydrogen (secondary N) is 1. The molecular formula is C20H25Cl2NO. The summed E-state index contributed by atoms with van der Waals surface area (Å²) in [5, 5.41) is 4.68. The van der Waals surface area contributed by atoms with Crippen LogP contribution in [0.5, 0.6) is 5.75 Å². The fourth-order valence-corrected chi connectivity index (χ4v) is 3.12. The Balaban J connectivity index is 1.85. The number of benzene rings is 2. The van der Waals surface area contributed by atoms with Crippen LogP contribution in [0.15, 0.2) is 42.5 Å². The minimum absolute atomic E-state index is 0.416. The second kappa shape index (κ2) is 9.93. The van der Waals surface area contributed by atoms with Gasteiger partial charge in [0.15, 0.2) is 5.75 Å². The summed E-state index contributed by atoms with van der Waals surface area (Å²) in [6.07, 6.45) is 3.08. The van der Waals surface area contributed by atoms with E-state index in [0.29, 0.717) is 28.4 Å². The molecule has 130 valence electrons. The lowest BCUT2D eigenvalue weighted by Crippen LogP contribution is -2.26. The molecule has 0 spiro atoms. The van der Waals surface area contributed by atoms with Crippen molar-refractivity contribution in [2.24, 2.45) is 0 Å². The van der Waals surface area contributed by atoms with Gasteiger partial charge in [-0.1, -0.05) is 60.5 Å². The van der Waals surface area contributed by atoms with Gasteiger partial charge >= 0.3 is 0 Å². The van der Waals surface area contributed by atoms with E-state index in [-0.39, 0.29) is 0 Å². The van der Waals surface area contributed by atoms with Crippen LogP contribution in [0.1, 0.15) is 37.8 Å². The van der Waals surface area contributed by atoms with E-state index in [0.717, 1.165) is 31.4 Å². The van der Waals surface area contributed by atoms with Gasteiger partial charge in [-0.25, -0.2) is 0 Å². The highest BCUT2D eigenvalue weighted by Crippen LogP contribution is 2.34. The van der Waals surface area contributed by atoms with E-state index in [1.165, 1.54) is 5.56 Å². The van der Waals surface area contributed by atoms with E-state index >= 15 is 0 Å². The Kier molecular flexibility index (Phi) is 7.90. The molecule has 0 aromatic heterocycles. The molecule has 0 bridgehead atoms. The lowest BCUT2D eigenvalue weighted by molar-refractivity contribution is 0.317. The van der Waals surface area contributed by atoms with Crippen molar-refractivity contribution in [2.75, 3.05) is 6.61 Å². The van der Waals surface area contributed by atoms with Crippen LogP contribution in [-0.4, -0.2) is 12.6 Å². The standard InChI is InChI=1S/C20H25Cl2NO/c1-3-11-24-20-18(21)12-17(13-19(20)22)14-23-15(2)9-10-16-7-5-4-6-8-16/h4-8,12-13,15,23H,3,9-11,14H2,1-2H3. The molecule has 2 rings (SSSR count). The van der Waals surface area contributed by atoms with Crippen molar-refractivity contribution in [3.63, 3.8) is 0 Å². The van der Waals surface area contributed by atoms with Crippen LogP contribution in [0.25, 0.3) is 0 Å². The number of ether oxygens (including phenoxy) is 1. The molecule has 0 aliphatic heterocycles. The Morgan fingerprint density at radius 1 is 1.04 bits per heavy atom. The smallest absolute Gasteiger partial charge is 0.156 e. The van der Waals surface area contributed by atoms with Gasteiger partial charge in [0.2, 0.25) is 0 Å². The number of hydrogen-bond donors (Lipinski definition) is 1. The molecule has 0 aliphatic carbocycles. The predicted molar refractivity (Wildman–Crippen MR) is 103 cm³/mol. The molecule has 1 N–H and O–H groups in total. The third-order valence-corrected chi connectivity index (χ3v) is 4.43. The highest BCUT2D eigenvalue weighted by molar-refractivity contribution is 6.37. The number of aryl methyl sites for hydroxylation is 1. The molecule has 0 saturated heterocycles. The Labute approximate surface area is 155 Å². The summed E-state index contributed by atoms with van der Waals surface area (Å²) in [6.45, 7) is 5.61. The minimum atomic E-state index is 0.416.